The summed E-state index contributed by atoms with van der Waals surface area (Å²) < 4.78 is 8.36. The van der Waals surface area contributed by atoms with E-state index < -0.39 is 0 Å². The Hall–Kier alpha value is -4.05. The molecule has 0 atom stereocenters. The molecule has 36 heavy (non-hydrogen) atoms. The second-order valence-corrected chi connectivity index (χ2v) is 10.4. The first-order valence-corrected chi connectivity index (χ1v) is 12.4. The van der Waals surface area contributed by atoms with Crippen LogP contribution in [0.15, 0.2) is 91.1 Å². The van der Waals surface area contributed by atoms with Gasteiger partial charge in [0.1, 0.15) is 18.1 Å². The lowest BCUT2D eigenvalue weighted by Gasteiger charge is -2.19. The molecule has 0 spiro atoms. The van der Waals surface area contributed by atoms with Crippen molar-refractivity contribution in [2.45, 2.75) is 46.6 Å². The third kappa shape index (κ3) is 4.72. The maximum absolute atomic E-state index is 6.26. The van der Waals surface area contributed by atoms with Crippen molar-refractivity contribution >= 4 is 17.2 Å². The highest BCUT2D eigenvalue weighted by Crippen LogP contribution is 2.36. The van der Waals surface area contributed by atoms with Crippen LogP contribution in [0.25, 0.3) is 16.9 Å². The molecule has 3 aromatic carbocycles. The molecule has 0 radical (unpaired) electrons. The van der Waals surface area contributed by atoms with Gasteiger partial charge in [0, 0.05) is 17.4 Å². The number of nitrogens with zero attached hydrogens (tertiary/aromatic N) is 2. The van der Waals surface area contributed by atoms with Crippen LogP contribution in [0.4, 0.5) is 11.5 Å². The Bertz CT molecular complexity index is 1470. The Labute approximate surface area is 213 Å². The van der Waals surface area contributed by atoms with Crippen molar-refractivity contribution in [1.82, 2.24) is 9.38 Å². The van der Waals surface area contributed by atoms with Gasteiger partial charge in [0.25, 0.3) is 0 Å². The molecule has 182 valence electrons. The molecule has 0 aliphatic heterocycles. The number of hydrogen-bond acceptors (Lipinski definition) is 3. The van der Waals surface area contributed by atoms with Gasteiger partial charge in [0.2, 0.25) is 0 Å². The van der Waals surface area contributed by atoms with E-state index in [1.165, 1.54) is 16.7 Å². The number of benzene rings is 3. The van der Waals surface area contributed by atoms with E-state index in [1.54, 1.807) is 0 Å². The van der Waals surface area contributed by atoms with Crippen LogP contribution >= 0.6 is 0 Å². The quantitative estimate of drug-likeness (QED) is 0.269. The van der Waals surface area contributed by atoms with Gasteiger partial charge in [-0.3, -0.25) is 4.40 Å². The average molecular weight is 476 g/mol. The molecule has 4 heteroatoms. The predicted molar refractivity (Wildman–Crippen MR) is 149 cm³/mol. The van der Waals surface area contributed by atoms with Crippen molar-refractivity contribution in [1.29, 1.82) is 0 Å². The lowest BCUT2D eigenvalue weighted by Crippen LogP contribution is -2.10. The number of anilines is 2. The summed E-state index contributed by atoms with van der Waals surface area (Å²) in [4.78, 5) is 5.12. The van der Waals surface area contributed by atoms with Gasteiger partial charge < -0.3 is 10.1 Å². The zero-order chi connectivity index (χ0) is 25.3. The highest BCUT2D eigenvalue weighted by Gasteiger charge is 2.20. The minimum Gasteiger partial charge on any atom is -0.485 e. The number of aryl methyl sites for hydroxylation is 2. The van der Waals surface area contributed by atoms with Crippen molar-refractivity contribution in [3.8, 4) is 17.0 Å². The van der Waals surface area contributed by atoms with Crippen LogP contribution in [0.5, 0.6) is 5.75 Å². The van der Waals surface area contributed by atoms with Gasteiger partial charge in [0.05, 0.1) is 0 Å². The summed E-state index contributed by atoms with van der Waals surface area (Å²) in [5.74, 6) is 1.68. The molecular formula is C32H33N3O. The summed E-state index contributed by atoms with van der Waals surface area (Å²) in [7, 11) is 0. The highest BCUT2D eigenvalue weighted by molar-refractivity contribution is 5.82. The molecule has 5 rings (SSSR count). The van der Waals surface area contributed by atoms with Gasteiger partial charge in [-0.2, -0.15) is 0 Å². The van der Waals surface area contributed by atoms with Gasteiger partial charge in [-0.25, -0.2) is 4.98 Å². The summed E-state index contributed by atoms with van der Waals surface area (Å²) in [6, 6.07) is 29.3. The zero-order valence-corrected chi connectivity index (χ0v) is 21.7. The number of hydrogen-bond donors (Lipinski definition) is 1. The number of imidazole rings is 1. The van der Waals surface area contributed by atoms with E-state index >= 15 is 0 Å². The van der Waals surface area contributed by atoms with E-state index in [9.17, 15) is 0 Å². The fourth-order valence-corrected chi connectivity index (χ4v) is 4.47. The van der Waals surface area contributed by atoms with Crippen molar-refractivity contribution in [3.63, 3.8) is 0 Å². The Kier molecular flexibility index (Phi) is 6.27. The number of aromatic nitrogens is 2. The van der Waals surface area contributed by atoms with E-state index in [0.29, 0.717) is 6.61 Å². The Balaban J connectivity index is 1.62. The number of para-hydroxylation sites is 1. The van der Waals surface area contributed by atoms with Crippen molar-refractivity contribution < 1.29 is 4.74 Å². The van der Waals surface area contributed by atoms with E-state index in [0.717, 1.165) is 39.7 Å². The van der Waals surface area contributed by atoms with Gasteiger partial charge in [-0.15, -0.1) is 0 Å². The highest BCUT2D eigenvalue weighted by atomic mass is 16.5. The fourth-order valence-electron chi connectivity index (χ4n) is 4.47. The fraction of sp³-hybridized carbons (Fsp3) is 0.219. The SMILES string of the molecule is Cc1cccc(C)c1Nc1c(-c2ccc(C(C)(C)C)cc2)nc2c(OCc3ccccc3)cccn12. The Morgan fingerprint density at radius 3 is 2.17 bits per heavy atom. The summed E-state index contributed by atoms with van der Waals surface area (Å²) in [6.07, 6.45) is 2.04. The molecule has 1 N–H and O–H groups in total. The molecule has 4 nitrogen and oxygen atoms in total. The molecule has 0 unspecified atom stereocenters. The average Bonchev–Trinajstić information content (AvgIpc) is 3.24. The molecule has 0 saturated carbocycles. The third-order valence-corrected chi connectivity index (χ3v) is 6.60. The minimum absolute atomic E-state index is 0.0925. The lowest BCUT2D eigenvalue weighted by atomic mass is 9.86. The maximum Gasteiger partial charge on any atom is 0.181 e. The van der Waals surface area contributed by atoms with Gasteiger partial charge in [0.15, 0.2) is 11.4 Å². The van der Waals surface area contributed by atoms with Gasteiger partial charge in [-0.05, 0) is 53.6 Å². The standard InChI is InChI=1S/C32H33N3O/c1-22-11-9-12-23(2)28(22)33-31-29(25-16-18-26(19-17-25)32(3,4)5)34-30-27(15-10-20-35(30)31)36-21-24-13-7-6-8-14-24/h6-20,33H,21H2,1-5H3. The van der Waals surface area contributed by atoms with E-state index in [-0.39, 0.29) is 5.41 Å². The molecule has 0 amide bonds. The first-order chi connectivity index (χ1) is 17.3. The summed E-state index contributed by atoms with van der Waals surface area (Å²) in [5.41, 5.74) is 8.74. The van der Waals surface area contributed by atoms with Crippen LogP contribution in [0.2, 0.25) is 0 Å². The monoisotopic (exact) mass is 475 g/mol. The van der Waals surface area contributed by atoms with Gasteiger partial charge in [-0.1, -0.05) is 93.6 Å². The lowest BCUT2D eigenvalue weighted by molar-refractivity contribution is 0.308. The second-order valence-electron chi connectivity index (χ2n) is 10.4. The molecule has 2 heterocycles. The number of ether oxygens (including phenoxy) is 1. The van der Waals surface area contributed by atoms with Crippen LogP contribution < -0.4 is 10.1 Å². The van der Waals surface area contributed by atoms with Crippen LogP contribution in [0.1, 0.15) is 43.0 Å². The summed E-state index contributed by atoms with van der Waals surface area (Å²) in [5, 5.41) is 3.72. The summed E-state index contributed by atoms with van der Waals surface area (Å²) >= 11 is 0. The molecule has 2 aromatic heterocycles. The van der Waals surface area contributed by atoms with E-state index in [2.05, 4.69) is 98.9 Å². The predicted octanol–water partition coefficient (Wildman–Crippen LogP) is 8.24. The van der Waals surface area contributed by atoms with E-state index in [1.807, 2.05) is 36.5 Å². The number of pyridine rings is 1. The molecule has 0 fully saturated rings. The van der Waals surface area contributed by atoms with E-state index in [4.69, 9.17) is 9.72 Å². The van der Waals surface area contributed by atoms with Crippen LogP contribution in [0, 0.1) is 13.8 Å². The third-order valence-electron chi connectivity index (χ3n) is 6.60. The second kappa shape index (κ2) is 9.54. The Morgan fingerprint density at radius 2 is 1.50 bits per heavy atom. The van der Waals surface area contributed by atoms with Crippen molar-refractivity contribution in [2.75, 3.05) is 5.32 Å². The van der Waals surface area contributed by atoms with Crippen LogP contribution in [-0.4, -0.2) is 9.38 Å². The normalized spacial score (nSPS) is 11.6. The number of nitrogens with one attached hydrogen (secondary N) is 1. The van der Waals surface area contributed by atoms with Crippen LogP contribution in [-0.2, 0) is 12.0 Å². The smallest absolute Gasteiger partial charge is 0.181 e. The molecular weight excluding hydrogens is 442 g/mol. The minimum atomic E-state index is 0.0925. The largest absolute Gasteiger partial charge is 0.485 e. The molecule has 5 aromatic rings. The van der Waals surface area contributed by atoms with Crippen molar-refractivity contribution in [3.05, 3.63) is 113 Å². The molecule has 0 saturated heterocycles. The first kappa shape index (κ1) is 23.7. The molecule has 0 aliphatic rings. The number of rotatable bonds is 6. The first-order valence-electron chi connectivity index (χ1n) is 12.4. The summed E-state index contributed by atoms with van der Waals surface area (Å²) in [6.45, 7) is 11.4. The maximum atomic E-state index is 6.26. The zero-order valence-electron chi connectivity index (χ0n) is 21.7. The molecule has 0 aliphatic carbocycles. The molecule has 0 bridgehead atoms. The topological polar surface area (TPSA) is 38.6 Å². The number of fused-ring (bicyclic) bond motifs is 1. The van der Waals surface area contributed by atoms with Crippen LogP contribution in [0.3, 0.4) is 0 Å². The van der Waals surface area contributed by atoms with Crippen molar-refractivity contribution in [2.24, 2.45) is 0 Å². The Morgan fingerprint density at radius 1 is 0.806 bits per heavy atom. The van der Waals surface area contributed by atoms with Gasteiger partial charge >= 0.3 is 0 Å².